The number of benzene rings is 1. The zero-order valence-electron chi connectivity index (χ0n) is 14.2. The van der Waals surface area contributed by atoms with E-state index in [0.717, 1.165) is 25.9 Å². The summed E-state index contributed by atoms with van der Waals surface area (Å²) in [4.78, 5) is 32.2. The van der Waals surface area contributed by atoms with Crippen molar-refractivity contribution in [1.29, 1.82) is 0 Å². The Bertz CT molecular complexity index is 821. The number of hydrogen-bond acceptors (Lipinski definition) is 5. The number of carbonyl (C=O) groups excluding carboxylic acids is 2. The molecule has 0 bridgehead atoms. The summed E-state index contributed by atoms with van der Waals surface area (Å²) in [6.45, 7) is 1.59. The van der Waals surface area contributed by atoms with Crippen LogP contribution in [0.5, 0.6) is 0 Å². The molecule has 1 N–H and O–H groups in total. The molecule has 0 spiro atoms. The third-order valence-electron chi connectivity index (χ3n) is 4.09. The lowest BCUT2D eigenvalue weighted by atomic mass is 10.3. The predicted octanol–water partition coefficient (Wildman–Crippen LogP) is 3.89. The number of rotatable bonds is 5. The van der Waals surface area contributed by atoms with Gasteiger partial charge >= 0.3 is 0 Å². The van der Waals surface area contributed by atoms with E-state index in [1.54, 1.807) is 35.5 Å². The molecule has 1 aliphatic heterocycles. The second kappa shape index (κ2) is 8.24. The number of nitrogens with one attached hydrogen (secondary N) is 1. The molecule has 1 fully saturated rings. The molecule has 0 aliphatic carbocycles. The smallest absolute Gasteiger partial charge is 0.273 e. The molecule has 9 heteroatoms. The topological polar surface area (TPSA) is 65.5 Å². The molecule has 1 saturated heterocycles. The van der Waals surface area contributed by atoms with Crippen molar-refractivity contribution in [3.63, 3.8) is 0 Å². The van der Waals surface area contributed by atoms with Gasteiger partial charge in [-0.3, -0.25) is 9.59 Å². The number of hydrogen-bond donors (Lipinski definition) is 1. The second-order valence-electron chi connectivity index (χ2n) is 6.01. The van der Waals surface area contributed by atoms with Gasteiger partial charge in [0.25, 0.3) is 5.91 Å². The first-order valence-electron chi connectivity index (χ1n) is 8.15. The Morgan fingerprint density at radius 1 is 1.31 bits per heavy atom. The zero-order chi connectivity index (χ0) is 18.7. The summed E-state index contributed by atoms with van der Waals surface area (Å²) in [5.41, 5.74) is 0.900. The summed E-state index contributed by atoms with van der Waals surface area (Å²) in [6.07, 6.45) is 2.05. The quantitative estimate of drug-likeness (QED) is 0.808. The first kappa shape index (κ1) is 18.9. The standard InChI is InChI=1S/C17H18Cl2N4O2S/c1-22(9-14(24)23-7-2-3-8-23)16(25)13-10-26-17(21-13)20-12-6-4-5-11(18)15(12)19/h4-6,10H,2-3,7-9H2,1H3,(H,20,21). The van der Waals surface area contributed by atoms with E-state index >= 15 is 0 Å². The number of halogens is 2. The van der Waals surface area contributed by atoms with E-state index in [-0.39, 0.29) is 24.1 Å². The lowest BCUT2D eigenvalue weighted by Gasteiger charge is -2.20. The van der Waals surface area contributed by atoms with Crippen molar-refractivity contribution in [2.45, 2.75) is 12.8 Å². The molecule has 0 saturated carbocycles. The summed E-state index contributed by atoms with van der Waals surface area (Å²) in [7, 11) is 1.61. The van der Waals surface area contributed by atoms with Gasteiger partial charge in [0.15, 0.2) is 5.13 Å². The van der Waals surface area contributed by atoms with Crippen LogP contribution in [-0.2, 0) is 4.79 Å². The van der Waals surface area contributed by atoms with Gasteiger partial charge < -0.3 is 15.1 Å². The van der Waals surface area contributed by atoms with Crippen molar-refractivity contribution in [1.82, 2.24) is 14.8 Å². The summed E-state index contributed by atoms with van der Waals surface area (Å²) in [5, 5.41) is 6.06. The highest BCUT2D eigenvalue weighted by atomic mass is 35.5. The zero-order valence-corrected chi connectivity index (χ0v) is 16.5. The van der Waals surface area contributed by atoms with Crippen molar-refractivity contribution in [3.8, 4) is 0 Å². The number of likely N-dealkylation sites (tertiary alicyclic amines) is 1. The molecule has 2 heterocycles. The van der Waals surface area contributed by atoms with Crippen LogP contribution in [0.2, 0.25) is 10.0 Å². The third kappa shape index (κ3) is 4.28. The fourth-order valence-electron chi connectivity index (χ4n) is 2.68. The fourth-order valence-corrected chi connectivity index (χ4v) is 3.73. The van der Waals surface area contributed by atoms with Crippen LogP contribution in [0.4, 0.5) is 10.8 Å². The lowest BCUT2D eigenvalue weighted by molar-refractivity contribution is -0.130. The number of likely N-dealkylation sites (N-methyl/N-ethyl adjacent to an activating group) is 1. The Kier molecular flexibility index (Phi) is 6.01. The molecule has 1 aromatic heterocycles. The maximum Gasteiger partial charge on any atom is 0.273 e. The molecular formula is C17H18Cl2N4O2S. The van der Waals surface area contributed by atoms with Gasteiger partial charge in [0.1, 0.15) is 5.69 Å². The number of carbonyl (C=O) groups is 2. The molecule has 0 unspecified atom stereocenters. The van der Waals surface area contributed by atoms with Crippen molar-refractivity contribution < 1.29 is 9.59 Å². The van der Waals surface area contributed by atoms with Crippen LogP contribution >= 0.6 is 34.5 Å². The van der Waals surface area contributed by atoms with Crippen molar-refractivity contribution in [2.75, 3.05) is 32.0 Å². The molecule has 2 aromatic rings. The lowest BCUT2D eigenvalue weighted by Crippen LogP contribution is -2.39. The monoisotopic (exact) mass is 412 g/mol. The van der Waals surface area contributed by atoms with Crippen LogP contribution in [0.1, 0.15) is 23.3 Å². The Labute approximate surface area is 165 Å². The summed E-state index contributed by atoms with van der Waals surface area (Å²) < 4.78 is 0. The Morgan fingerprint density at radius 2 is 2.04 bits per heavy atom. The average Bonchev–Trinajstić information content (AvgIpc) is 3.30. The Morgan fingerprint density at radius 3 is 2.77 bits per heavy atom. The maximum absolute atomic E-state index is 12.5. The van der Waals surface area contributed by atoms with E-state index in [9.17, 15) is 9.59 Å². The van der Waals surface area contributed by atoms with Crippen molar-refractivity contribution in [2.24, 2.45) is 0 Å². The Hall–Kier alpha value is -1.83. The molecule has 138 valence electrons. The van der Waals surface area contributed by atoms with Crippen molar-refractivity contribution >= 4 is 57.2 Å². The van der Waals surface area contributed by atoms with Gasteiger partial charge in [-0.1, -0.05) is 29.3 Å². The highest BCUT2D eigenvalue weighted by Gasteiger charge is 2.23. The molecule has 26 heavy (non-hydrogen) atoms. The van der Waals surface area contributed by atoms with Gasteiger partial charge in [-0.05, 0) is 25.0 Å². The number of thiazole rings is 1. The molecule has 0 radical (unpaired) electrons. The Balaban J connectivity index is 1.63. The van der Waals surface area contributed by atoms with E-state index in [4.69, 9.17) is 23.2 Å². The minimum absolute atomic E-state index is 0.0300. The van der Waals surface area contributed by atoms with E-state index in [2.05, 4.69) is 10.3 Å². The highest BCUT2D eigenvalue weighted by molar-refractivity contribution is 7.14. The van der Waals surface area contributed by atoms with E-state index < -0.39 is 0 Å². The van der Waals surface area contributed by atoms with Crippen LogP contribution in [-0.4, -0.2) is 53.3 Å². The number of aromatic nitrogens is 1. The summed E-state index contributed by atoms with van der Waals surface area (Å²) >= 11 is 13.4. The normalized spacial score (nSPS) is 13.7. The maximum atomic E-state index is 12.5. The molecule has 6 nitrogen and oxygen atoms in total. The first-order chi connectivity index (χ1) is 12.5. The summed E-state index contributed by atoms with van der Waals surface area (Å²) in [5.74, 6) is -0.323. The van der Waals surface area contributed by atoms with Gasteiger partial charge in [0.05, 0.1) is 22.3 Å². The van der Waals surface area contributed by atoms with E-state index in [0.29, 0.717) is 20.9 Å². The van der Waals surface area contributed by atoms with Gasteiger partial charge in [0.2, 0.25) is 5.91 Å². The van der Waals surface area contributed by atoms with Gasteiger partial charge in [-0.25, -0.2) is 4.98 Å². The second-order valence-corrected chi connectivity index (χ2v) is 7.66. The van der Waals surface area contributed by atoms with Crippen LogP contribution < -0.4 is 5.32 Å². The van der Waals surface area contributed by atoms with Crippen LogP contribution in [0, 0.1) is 0 Å². The van der Waals surface area contributed by atoms with Crippen LogP contribution in [0.15, 0.2) is 23.6 Å². The molecule has 0 atom stereocenters. The molecule has 3 rings (SSSR count). The van der Waals surface area contributed by atoms with E-state index in [1.165, 1.54) is 16.2 Å². The minimum Gasteiger partial charge on any atom is -0.341 e. The van der Waals surface area contributed by atoms with Crippen LogP contribution in [0.25, 0.3) is 0 Å². The molecule has 2 amide bonds. The molecular weight excluding hydrogens is 395 g/mol. The molecule has 1 aliphatic rings. The number of anilines is 2. The van der Waals surface area contributed by atoms with E-state index in [1.807, 2.05) is 0 Å². The van der Waals surface area contributed by atoms with Gasteiger partial charge in [-0.2, -0.15) is 0 Å². The minimum atomic E-state index is -0.293. The third-order valence-corrected chi connectivity index (χ3v) is 5.67. The van der Waals surface area contributed by atoms with Gasteiger partial charge in [0, 0.05) is 25.5 Å². The molecule has 1 aromatic carbocycles. The first-order valence-corrected chi connectivity index (χ1v) is 9.79. The predicted molar refractivity (Wildman–Crippen MR) is 105 cm³/mol. The highest BCUT2D eigenvalue weighted by Crippen LogP contribution is 2.32. The number of amides is 2. The average molecular weight is 413 g/mol. The number of nitrogens with zero attached hydrogens (tertiary/aromatic N) is 3. The van der Waals surface area contributed by atoms with Gasteiger partial charge in [-0.15, -0.1) is 11.3 Å². The van der Waals surface area contributed by atoms with Crippen LogP contribution in [0.3, 0.4) is 0 Å². The largest absolute Gasteiger partial charge is 0.341 e. The summed E-state index contributed by atoms with van der Waals surface area (Å²) in [6, 6.07) is 5.24. The SMILES string of the molecule is CN(CC(=O)N1CCCC1)C(=O)c1csc(Nc2cccc(Cl)c2Cl)n1. The van der Waals surface area contributed by atoms with Crippen molar-refractivity contribution in [3.05, 3.63) is 39.3 Å². The fraction of sp³-hybridized carbons (Fsp3) is 0.353.